The maximum atomic E-state index is 11.3. The number of hydrogen-bond acceptors (Lipinski definition) is 5. The van der Waals surface area contributed by atoms with Crippen LogP contribution in [0.3, 0.4) is 0 Å². The molecule has 2 aromatic rings. The van der Waals surface area contributed by atoms with E-state index < -0.39 is 5.97 Å². The standard InChI is InChI=1S/C14H17NO3S/c1-9-4-7-13(19-9)10(2)15-8-11-5-6-12(18-11)14(16)17-3/h4-7,10,15H,8H2,1-3H3. The second kappa shape index (κ2) is 6.04. The van der Waals surface area contributed by atoms with E-state index >= 15 is 0 Å². The molecule has 1 unspecified atom stereocenters. The third-order valence-corrected chi connectivity index (χ3v) is 4.00. The van der Waals surface area contributed by atoms with Crippen molar-refractivity contribution in [2.45, 2.75) is 26.4 Å². The van der Waals surface area contributed by atoms with E-state index in [-0.39, 0.29) is 11.8 Å². The zero-order chi connectivity index (χ0) is 13.8. The van der Waals surface area contributed by atoms with Gasteiger partial charge in [-0.15, -0.1) is 11.3 Å². The molecular formula is C14H17NO3S. The van der Waals surface area contributed by atoms with Gasteiger partial charge in [0, 0.05) is 15.8 Å². The van der Waals surface area contributed by atoms with Crippen molar-refractivity contribution < 1.29 is 13.9 Å². The van der Waals surface area contributed by atoms with Crippen LogP contribution in [0.2, 0.25) is 0 Å². The first kappa shape index (κ1) is 13.8. The van der Waals surface area contributed by atoms with E-state index in [1.807, 2.05) is 0 Å². The number of carbonyl (C=O) groups is 1. The van der Waals surface area contributed by atoms with Crippen LogP contribution in [0.15, 0.2) is 28.7 Å². The monoisotopic (exact) mass is 279 g/mol. The van der Waals surface area contributed by atoms with Crippen LogP contribution in [0.25, 0.3) is 0 Å². The van der Waals surface area contributed by atoms with Crippen molar-refractivity contribution in [2.24, 2.45) is 0 Å². The van der Waals surface area contributed by atoms with E-state index in [1.54, 1.807) is 23.5 Å². The third kappa shape index (κ3) is 3.45. The molecule has 0 spiro atoms. The fourth-order valence-corrected chi connectivity index (χ4v) is 2.63. The molecule has 0 saturated carbocycles. The van der Waals surface area contributed by atoms with Gasteiger partial charge in [-0.3, -0.25) is 0 Å². The SMILES string of the molecule is COC(=O)c1ccc(CNC(C)c2ccc(C)s2)o1. The minimum absolute atomic E-state index is 0.235. The molecule has 4 nitrogen and oxygen atoms in total. The van der Waals surface area contributed by atoms with Crippen molar-refractivity contribution in [3.8, 4) is 0 Å². The largest absolute Gasteiger partial charge is 0.463 e. The average molecular weight is 279 g/mol. The lowest BCUT2D eigenvalue weighted by molar-refractivity contribution is 0.0563. The minimum atomic E-state index is -0.451. The molecule has 0 amide bonds. The lowest BCUT2D eigenvalue weighted by Gasteiger charge is -2.10. The number of ether oxygens (including phenoxy) is 1. The maximum Gasteiger partial charge on any atom is 0.373 e. The Kier molecular flexibility index (Phi) is 4.39. The van der Waals surface area contributed by atoms with Crippen LogP contribution in [0.4, 0.5) is 0 Å². The van der Waals surface area contributed by atoms with E-state index in [9.17, 15) is 4.79 Å². The fraction of sp³-hybridized carbons (Fsp3) is 0.357. The topological polar surface area (TPSA) is 51.5 Å². The van der Waals surface area contributed by atoms with E-state index in [4.69, 9.17) is 4.42 Å². The van der Waals surface area contributed by atoms with Crippen LogP contribution < -0.4 is 5.32 Å². The Bertz CT molecular complexity index is 559. The Hall–Kier alpha value is -1.59. The molecule has 2 rings (SSSR count). The van der Waals surface area contributed by atoms with Crippen LogP contribution in [-0.4, -0.2) is 13.1 Å². The summed E-state index contributed by atoms with van der Waals surface area (Å²) in [6.07, 6.45) is 0. The van der Waals surface area contributed by atoms with Crippen LogP contribution >= 0.6 is 11.3 Å². The molecule has 0 aliphatic rings. The maximum absolute atomic E-state index is 11.3. The summed E-state index contributed by atoms with van der Waals surface area (Å²) in [5.74, 6) is 0.507. The fourth-order valence-electron chi connectivity index (χ4n) is 1.72. The van der Waals surface area contributed by atoms with Crippen molar-refractivity contribution in [3.63, 3.8) is 0 Å². The van der Waals surface area contributed by atoms with Gasteiger partial charge in [0.15, 0.2) is 0 Å². The van der Waals surface area contributed by atoms with Gasteiger partial charge in [0.25, 0.3) is 0 Å². The summed E-state index contributed by atoms with van der Waals surface area (Å²) in [6, 6.07) is 7.90. The molecule has 0 aromatic carbocycles. The molecule has 2 heterocycles. The van der Waals surface area contributed by atoms with Gasteiger partial charge in [0.1, 0.15) is 5.76 Å². The van der Waals surface area contributed by atoms with E-state index in [1.165, 1.54) is 16.9 Å². The van der Waals surface area contributed by atoms with E-state index in [0.717, 1.165) is 5.76 Å². The molecule has 0 fully saturated rings. The first-order chi connectivity index (χ1) is 9.10. The van der Waals surface area contributed by atoms with Gasteiger partial charge in [0.05, 0.1) is 13.7 Å². The van der Waals surface area contributed by atoms with Crippen molar-refractivity contribution in [2.75, 3.05) is 7.11 Å². The van der Waals surface area contributed by atoms with E-state index in [0.29, 0.717) is 6.54 Å². The Morgan fingerprint density at radius 1 is 1.42 bits per heavy atom. The highest BCUT2D eigenvalue weighted by atomic mass is 32.1. The average Bonchev–Trinajstić information content (AvgIpc) is 3.04. The van der Waals surface area contributed by atoms with Gasteiger partial charge in [-0.2, -0.15) is 0 Å². The molecule has 0 radical (unpaired) electrons. The summed E-state index contributed by atoms with van der Waals surface area (Å²) in [7, 11) is 1.34. The Labute approximate surface area is 116 Å². The number of rotatable bonds is 5. The number of aryl methyl sites for hydroxylation is 1. The molecule has 1 N–H and O–H groups in total. The van der Waals surface area contributed by atoms with E-state index in [2.05, 4.69) is 36.0 Å². The van der Waals surface area contributed by atoms with Crippen LogP contribution in [0.5, 0.6) is 0 Å². The van der Waals surface area contributed by atoms with Gasteiger partial charge in [-0.25, -0.2) is 4.79 Å². The molecule has 0 aliphatic carbocycles. The number of nitrogens with one attached hydrogen (secondary N) is 1. The molecule has 0 saturated heterocycles. The highest BCUT2D eigenvalue weighted by Gasteiger charge is 2.12. The molecule has 0 aliphatic heterocycles. The lowest BCUT2D eigenvalue weighted by atomic mass is 10.2. The zero-order valence-electron chi connectivity index (χ0n) is 11.2. The Morgan fingerprint density at radius 3 is 2.84 bits per heavy atom. The third-order valence-electron chi connectivity index (χ3n) is 2.82. The van der Waals surface area contributed by atoms with Gasteiger partial charge < -0.3 is 14.5 Å². The normalized spacial score (nSPS) is 12.4. The van der Waals surface area contributed by atoms with Gasteiger partial charge in [-0.1, -0.05) is 0 Å². The molecule has 19 heavy (non-hydrogen) atoms. The number of esters is 1. The summed E-state index contributed by atoms with van der Waals surface area (Å²) in [5.41, 5.74) is 0. The Morgan fingerprint density at radius 2 is 2.21 bits per heavy atom. The smallest absolute Gasteiger partial charge is 0.373 e. The first-order valence-corrected chi connectivity index (χ1v) is 6.88. The predicted molar refractivity (Wildman–Crippen MR) is 74.4 cm³/mol. The lowest BCUT2D eigenvalue weighted by Crippen LogP contribution is -2.16. The highest BCUT2D eigenvalue weighted by molar-refractivity contribution is 7.12. The summed E-state index contributed by atoms with van der Waals surface area (Å²) < 4.78 is 9.99. The number of methoxy groups -OCH3 is 1. The zero-order valence-corrected chi connectivity index (χ0v) is 12.0. The number of hydrogen-bond donors (Lipinski definition) is 1. The first-order valence-electron chi connectivity index (χ1n) is 6.07. The van der Waals surface area contributed by atoms with Gasteiger partial charge >= 0.3 is 5.97 Å². The highest BCUT2D eigenvalue weighted by Crippen LogP contribution is 2.22. The summed E-state index contributed by atoms with van der Waals surface area (Å²) in [6.45, 7) is 4.78. The van der Waals surface area contributed by atoms with Crippen LogP contribution in [0, 0.1) is 6.92 Å². The summed E-state index contributed by atoms with van der Waals surface area (Å²) >= 11 is 1.78. The van der Waals surface area contributed by atoms with Crippen molar-refractivity contribution >= 4 is 17.3 Å². The van der Waals surface area contributed by atoms with Crippen LogP contribution in [-0.2, 0) is 11.3 Å². The second-order valence-electron chi connectivity index (χ2n) is 4.31. The number of thiophene rings is 1. The van der Waals surface area contributed by atoms with Crippen molar-refractivity contribution in [1.82, 2.24) is 5.32 Å². The summed E-state index contributed by atoms with van der Waals surface area (Å²) in [4.78, 5) is 13.8. The number of carbonyl (C=O) groups excluding carboxylic acids is 1. The molecule has 0 bridgehead atoms. The van der Waals surface area contributed by atoms with Crippen molar-refractivity contribution in [3.05, 3.63) is 45.5 Å². The molecule has 1 atom stereocenters. The summed E-state index contributed by atoms with van der Waals surface area (Å²) in [5, 5.41) is 3.36. The molecule has 5 heteroatoms. The Balaban J connectivity index is 1.91. The van der Waals surface area contributed by atoms with Crippen LogP contribution in [0.1, 0.15) is 39.0 Å². The quantitative estimate of drug-likeness (QED) is 0.853. The minimum Gasteiger partial charge on any atom is -0.463 e. The molecular weight excluding hydrogens is 262 g/mol. The van der Waals surface area contributed by atoms with Gasteiger partial charge in [-0.05, 0) is 38.1 Å². The second-order valence-corrected chi connectivity index (χ2v) is 5.63. The van der Waals surface area contributed by atoms with Gasteiger partial charge in [0.2, 0.25) is 5.76 Å². The van der Waals surface area contributed by atoms with Crippen molar-refractivity contribution in [1.29, 1.82) is 0 Å². The molecule has 102 valence electrons. The predicted octanol–water partition coefficient (Wildman–Crippen LogP) is 3.29. The molecule has 2 aromatic heterocycles. The number of furan rings is 1.